The molecule has 0 aliphatic heterocycles. The average molecular weight is 654 g/mol. The van der Waals surface area contributed by atoms with E-state index in [9.17, 15) is 19.3 Å². The summed E-state index contributed by atoms with van der Waals surface area (Å²) < 4.78 is 30.7. The van der Waals surface area contributed by atoms with E-state index in [0.717, 1.165) is 36.8 Å². The highest BCUT2D eigenvalue weighted by atomic mass is 31.2. The fourth-order valence-electron chi connectivity index (χ4n) is 4.77. The molecule has 2 aromatic rings. The predicted octanol–water partition coefficient (Wildman–Crippen LogP) is 8.82. The first-order valence-corrected chi connectivity index (χ1v) is 17.7. The lowest BCUT2D eigenvalue weighted by atomic mass is 10.0. The Morgan fingerprint density at radius 2 is 1.41 bits per heavy atom. The molecule has 46 heavy (non-hydrogen) atoms. The minimum atomic E-state index is -3.90. The molecule has 0 saturated heterocycles. The zero-order chi connectivity index (χ0) is 34.0. The Morgan fingerprint density at radius 1 is 0.826 bits per heavy atom. The summed E-state index contributed by atoms with van der Waals surface area (Å²) in [6.07, 6.45) is 10.1. The summed E-state index contributed by atoms with van der Waals surface area (Å²) in [5.74, 6) is -1.23. The fraction of sp³-hybridized carbons (Fsp3) is 0.459. The van der Waals surface area contributed by atoms with Crippen LogP contribution in [0, 0.1) is 0 Å². The maximum absolute atomic E-state index is 13.8. The second-order valence-corrected chi connectivity index (χ2v) is 13.8. The molecule has 1 unspecified atom stereocenters. The number of benzene rings is 2. The van der Waals surface area contributed by atoms with Crippen molar-refractivity contribution in [1.29, 1.82) is 0 Å². The lowest BCUT2D eigenvalue weighted by Gasteiger charge is -2.26. The maximum Gasteiger partial charge on any atom is 0.343 e. The van der Waals surface area contributed by atoms with E-state index in [1.54, 1.807) is 38.1 Å². The van der Waals surface area contributed by atoms with Crippen molar-refractivity contribution in [1.82, 2.24) is 5.32 Å². The van der Waals surface area contributed by atoms with Crippen molar-refractivity contribution in [2.45, 2.75) is 98.4 Å². The lowest BCUT2D eigenvalue weighted by Crippen LogP contribution is -2.46. The van der Waals surface area contributed by atoms with Crippen molar-refractivity contribution >= 4 is 19.5 Å². The molecule has 2 rings (SSSR count). The Bertz CT molecular complexity index is 1350. The van der Waals surface area contributed by atoms with E-state index in [-0.39, 0.29) is 26.1 Å². The third-order valence-electron chi connectivity index (χ3n) is 7.34. The molecule has 252 valence electrons. The second-order valence-electron chi connectivity index (χ2n) is 11.6. The first kappa shape index (κ1) is 38.7. The Kier molecular flexibility index (Phi) is 17.4. The monoisotopic (exact) mass is 653 g/mol. The van der Waals surface area contributed by atoms with Crippen LogP contribution in [-0.4, -0.2) is 41.9 Å². The van der Waals surface area contributed by atoms with E-state index in [4.69, 9.17) is 13.8 Å². The van der Waals surface area contributed by atoms with Gasteiger partial charge in [-0.05, 0) is 96.9 Å². The molecule has 8 nitrogen and oxygen atoms in total. The fourth-order valence-corrected chi connectivity index (χ4v) is 6.65. The van der Waals surface area contributed by atoms with E-state index in [1.807, 2.05) is 43.3 Å². The summed E-state index contributed by atoms with van der Waals surface area (Å²) in [7, 11) is -3.90. The third kappa shape index (κ3) is 14.3. The van der Waals surface area contributed by atoms with E-state index in [0.29, 0.717) is 17.9 Å². The van der Waals surface area contributed by atoms with Crippen molar-refractivity contribution in [3.8, 4) is 5.75 Å². The zero-order valence-electron chi connectivity index (χ0n) is 28.3. The highest BCUT2D eigenvalue weighted by molar-refractivity contribution is 7.55. The topological polar surface area (TPSA) is 111 Å². The SMILES string of the molecule is CCOP(=O)(OCC)C(C/C=C(\C)CC/C=C(\C)CCC=C(C)C)C(=O)N[C@@H](Cc1ccc(OCc2ccccc2)cc1)C(=O)O. The molecule has 0 aliphatic rings. The van der Waals surface area contributed by atoms with Gasteiger partial charge >= 0.3 is 13.6 Å². The van der Waals surface area contributed by atoms with Crippen molar-refractivity contribution in [3.05, 3.63) is 101 Å². The smallest absolute Gasteiger partial charge is 0.343 e. The standard InChI is InChI=1S/C37H52NO7P/c1-7-44-46(42,45-8-2)35(25-20-30(6)17-13-16-29(5)15-12-14-28(3)4)36(39)38-34(37(40)41)26-31-21-23-33(24-22-31)43-27-32-18-10-9-11-19-32/h9-11,14,16,18-24,34-35H,7-8,12-13,15,17,25-27H2,1-6H3,(H,38,39)(H,40,41)/b29-16+,30-20+/t34-,35?/m0/s1. The quantitative estimate of drug-likeness (QED) is 0.102. The molecule has 0 bridgehead atoms. The molecule has 2 atom stereocenters. The molecular weight excluding hydrogens is 601 g/mol. The number of amides is 1. The van der Waals surface area contributed by atoms with Crippen LogP contribution >= 0.6 is 7.60 Å². The summed E-state index contributed by atoms with van der Waals surface area (Å²) in [6, 6.07) is 15.6. The Hall–Kier alpha value is -3.45. The normalized spacial score (nSPS) is 13.5. The van der Waals surface area contributed by atoms with E-state index in [2.05, 4.69) is 38.2 Å². The summed E-state index contributed by atoms with van der Waals surface area (Å²) in [6.45, 7) is 12.2. The highest BCUT2D eigenvalue weighted by Gasteiger charge is 2.41. The summed E-state index contributed by atoms with van der Waals surface area (Å²) in [5, 5.41) is 12.6. The number of allylic oxidation sites excluding steroid dienone is 6. The van der Waals surface area contributed by atoms with Gasteiger partial charge in [0.2, 0.25) is 5.91 Å². The molecule has 1 amide bonds. The molecule has 0 saturated carbocycles. The van der Waals surface area contributed by atoms with Gasteiger partial charge in [0.05, 0.1) is 13.2 Å². The molecule has 0 aliphatic carbocycles. The average Bonchev–Trinajstić information content (AvgIpc) is 3.01. The number of aliphatic carboxylic acids is 1. The number of hydrogen-bond acceptors (Lipinski definition) is 6. The van der Waals surface area contributed by atoms with E-state index < -0.39 is 31.2 Å². The van der Waals surface area contributed by atoms with Gasteiger partial charge in [-0.25, -0.2) is 4.79 Å². The Balaban J connectivity index is 2.11. The molecule has 2 aromatic carbocycles. The second kappa shape index (κ2) is 20.6. The number of nitrogens with one attached hydrogen (secondary N) is 1. The first-order chi connectivity index (χ1) is 22.0. The number of carbonyl (C=O) groups is 2. The molecule has 0 fully saturated rings. The number of carboxylic acids is 1. The van der Waals surface area contributed by atoms with Gasteiger partial charge < -0.3 is 24.2 Å². The molecule has 0 aromatic heterocycles. The Morgan fingerprint density at radius 3 is 1.98 bits per heavy atom. The van der Waals surface area contributed by atoms with Gasteiger partial charge in [-0.2, -0.15) is 0 Å². The number of carbonyl (C=O) groups excluding carboxylic acids is 1. The summed E-state index contributed by atoms with van der Waals surface area (Å²) in [5.41, 5.74) is 4.22. The van der Waals surface area contributed by atoms with Gasteiger partial charge in [0.1, 0.15) is 24.1 Å². The van der Waals surface area contributed by atoms with Crippen LogP contribution in [0.25, 0.3) is 0 Å². The highest BCUT2D eigenvalue weighted by Crippen LogP contribution is 2.54. The lowest BCUT2D eigenvalue weighted by molar-refractivity contribution is -0.141. The minimum absolute atomic E-state index is 0.0362. The third-order valence-corrected chi connectivity index (χ3v) is 9.79. The molecule has 0 heterocycles. The van der Waals surface area contributed by atoms with Gasteiger partial charge in [-0.1, -0.05) is 77.4 Å². The summed E-state index contributed by atoms with van der Waals surface area (Å²) in [4.78, 5) is 25.8. The van der Waals surface area contributed by atoms with E-state index >= 15 is 0 Å². The number of ether oxygens (including phenoxy) is 1. The van der Waals surface area contributed by atoms with Crippen LogP contribution in [-0.2, 0) is 36.2 Å². The number of rotatable bonds is 21. The van der Waals surface area contributed by atoms with Crippen LogP contribution in [0.4, 0.5) is 0 Å². The van der Waals surface area contributed by atoms with Crippen molar-refractivity contribution < 1.29 is 33.0 Å². The van der Waals surface area contributed by atoms with Crippen molar-refractivity contribution in [2.24, 2.45) is 0 Å². The van der Waals surface area contributed by atoms with Gasteiger partial charge in [-0.15, -0.1) is 0 Å². The van der Waals surface area contributed by atoms with Gasteiger partial charge in [-0.3, -0.25) is 9.36 Å². The van der Waals surface area contributed by atoms with Gasteiger partial charge in [0.15, 0.2) is 0 Å². The molecular formula is C37H52NO7P. The molecule has 2 N–H and O–H groups in total. The largest absolute Gasteiger partial charge is 0.489 e. The van der Waals surface area contributed by atoms with Crippen LogP contribution in [0.15, 0.2) is 89.5 Å². The van der Waals surface area contributed by atoms with Crippen LogP contribution in [0.3, 0.4) is 0 Å². The van der Waals surface area contributed by atoms with Crippen LogP contribution in [0.1, 0.15) is 84.8 Å². The van der Waals surface area contributed by atoms with Crippen molar-refractivity contribution in [2.75, 3.05) is 13.2 Å². The van der Waals surface area contributed by atoms with E-state index in [1.165, 1.54) is 11.1 Å². The predicted molar refractivity (Wildman–Crippen MR) is 185 cm³/mol. The van der Waals surface area contributed by atoms with Crippen LogP contribution in [0.5, 0.6) is 5.75 Å². The summed E-state index contributed by atoms with van der Waals surface area (Å²) >= 11 is 0. The molecule has 0 spiro atoms. The number of carboxylic acid groups (broad SMARTS) is 1. The van der Waals surface area contributed by atoms with Gasteiger partial charge in [0, 0.05) is 6.42 Å². The first-order valence-electron chi connectivity index (χ1n) is 16.1. The van der Waals surface area contributed by atoms with Crippen LogP contribution in [0.2, 0.25) is 0 Å². The number of hydrogen-bond donors (Lipinski definition) is 2. The Labute approximate surface area is 275 Å². The van der Waals surface area contributed by atoms with Gasteiger partial charge in [0.25, 0.3) is 0 Å². The zero-order valence-corrected chi connectivity index (χ0v) is 29.2. The molecule has 0 radical (unpaired) electrons. The maximum atomic E-state index is 13.8. The van der Waals surface area contributed by atoms with Crippen LogP contribution < -0.4 is 10.1 Å². The minimum Gasteiger partial charge on any atom is -0.489 e. The molecule has 9 heteroatoms. The van der Waals surface area contributed by atoms with Crippen molar-refractivity contribution in [3.63, 3.8) is 0 Å².